The van der Waals surface area contributed by atoms with Crippen molar-refractivity contribution in [1.82, 2.24) is 4.90 Å². The summed E-state index contributed by atoms with van der Waals surface area (Å²) in [6.07, 6.45) is 1.70. The molecule has 1 fully saturated rings. The molecule has 0 aromatic heterocycles. The van der Waals surface area contributed by atoms with Crippen molar-refractivity contribution in [3.63, 3.8) is 0 Å². The Morgan fingerprint density at radius 1 is 0.949 bits per heavy atom. The number of rotatable bonds is 11. The van der Waals surface area contributed by atoms with Gasteiger partial charge in [-0.25, -0.2) is 0 Å². The summed E-state index contributed by atoms with van der Waals surface area (Å²) in [5, 5.41) is 0.320. The van der Waals surface area contributed by atoms with E-state index >= 15 is 0 Å². The van der Waals surface area contributed by atoms with Gasteiger partial charge in [0.1, 0.15) is 19.0 Å². The molecule has 1 aliphatic heterocycles. The molecule has 1 heterocycles. The molecule has 39 heavy (non-hydrogen) atoms. The number of halogens is 1. The molecule has 3 aromatic rings. The van der Waals surface area contributed by atoms with Gasteiger partial charge in [-0.05, 0) is 78.6 Å². The van der Waals surface area contributed by atoms with E-state index in [0.29, 0.717) is 40.6 Å². The van der Waals surface area contributed by atoms with Crippen LogP contribution >= 0.6 is 23.4 Å². The first-order chi connectivity index (χ1) is 18.8. The normalized spacial score (nSPS) is 14.4. The standard InChI is InChI=1S/C31H32ClNO5S/c1-5-36-28-17-22(11-13-26(28)38-19-23-8-6-7-9-25(23)32)18-29-30(34)33(31(35)39-29)14-15-37-27-16-21(4)10-12-24(27)20(2)3/h6-13,16-18,20H,5,14-15,19H2,1-4H3/b29-18-. The van der Waals surface area contributed by atoms with Crippen LogP contribution in [-0.2, 0) is 11.4 Å². The van der Waals surface area contributed by atoms with Gasteiger partial charge in [-0.2, -0.15) is 0 Å². The molecule has 4 rings (SSSR count). The maximum atomic E-state index is 13.1. The number of aryl methyl sites for hydroxylation is 1. The summed E-state index contributed by atoms with van der Waals surface area (Å²) in [5.41, 5.74) is 3.78. The fourth-order valence-electron chi connectivity index (χ4n) is 4.11. The Balaban J connectivity index is 1.43. The van der Waals surface area contributed by atoms with E-state index in [1.165, 1.54) is 4.90 Å². The number of carbonyl (C=O) groups excluding carboxylic acids is 2. The number of imide groups is 1. The Kier molecular flexibility index (Phi) is 9.59. The summed E-state index contributed by atoms with van der Waals surface area (Å²) in [5.74, 6) is 1.86. The number of nitrogens with zero attached hydrogens (tertiary/aromatic N) is 1. The highest BCUT2D eigenvalue weighted by Crippen LogP contribution is 2.35. The molecule has 0 saturated carbocycles. The van der Waals surface area contributed by atoms with E-state index < -0.39 is 0 Å². The molecular weight excluding hydrogens is 534 g/mol. The number of hydrogen-bond donors (Lipinski definition) is 0. The first kappa shape index (κ1) is 28.6. The van der Waals surface area contributed by atoms with Crippen LogP contribution in [0.1, 0.15) is 48.9 Å². The zero-order valence-electron chi connectivity index (χ0n) is 22.5. The molecule has 0 spiro atoms. The van der Waals surface area contributed by atoms with E-state index in [1.807, 2.05) is 50.2 Å². The van der Waals surface area contributed by atoms with Crippen molar-refractivity contribution in [1.29, 1.82) is 0 Å². The Labute approximate surface area is 238 Å². The van der Waals surface area contributed by atoms with Gasteiger partial charge in [-0.3, -0.25) is 14.5 Å². The molecule has 204 valence electrons. The molecule has 0 aliphatic carbocycles. The molecule has 8 heteroatoms. The number of amides is 2. The first-order valence-corrected chi connectivity index (χ1v) is 14.1. The molecule has 1 saturated heterocycles. The molecule has 0 radical (unpaired) electrons. The second-order valence-corrected chi connectivity index (χ2v) is 10.8. The van der Waals surface area contributed by atoms with Crippen LogP contribution in [0.3, 0.4) is 0 Å². The summed E-state index contributed by atoms with van der Waals surface area (Å²) in [6, 6.07) is 19.0. The molecule has 0 bridgehead atoms. The highest BCUT2D eigenvalue weighted by molar-refractivity contribution is 8.18. The molecule has 0 atom stereocenters. The fraction of sp³-hybridized carbons (Fsp3) is 0.290. The van der Waals surface area contributed by atoms with E-state index in [1.54, 1.807) is 18.2 Å². The molecule has 0 unspecified atom stereocenters. The summed E-state index contributed by atoms with van der Waals surface area (Å²) >= 11 is 7.17. The predicted octanol–water partition coefficient (Wildman–Crippen LogP) is 7.86. The predicted molar refractivity (Wildman–Crippen MR) is 157 cm³/mol. The summed E-state index contributed by atoms with van der Waals surface area (Å²) in [7, 11) is 0. The van der Waals surface area contributed by atoms with Crippen LogP contribution in [0.4, 0.5) is 4.79 Å². The minimum atomic E-state index is -0.334. The van der Waals surface area contributed by atoms with E-state index in [0.717, 1.165) is 39.8 Å². The van der Waals surface area contributed by atoms with Gasteiger partial charge in [0.15, 0.2) is 11.5 Å². The van der Waals surface area contributed by atoms with E-state index in [-0.39, 0.29) is 24.3 Å². The number of hydrogen-bond acceptors (Lipinski definition) is 6. The Morgan fingerprint density at radius 3 is 2.49 bits per heavy atom. The van der Waals surface area contributed by atoms with Gasteiger partial charge in [0.2, 0.25) is 0 Å². The van der Waals surface area contributed by atoms with Crippen LogP contribution in [0.5, 0.6) is 17.2 Å². The van der Waals surface area contributed by atoms with Crippen molar-refractivity contribution in [2.75, 3.05) is 19.8 Å². The lowest BCUT2D eigenvalue weighted by atomic mass is 10.0. The van der Waals surface area contributed by atoms with Gasteiger partial charge in [0.05, 0.1) is 18.1 Å². The second kappa shape index (κ2) is 13.1. The van der Waals surface area contributed by atoms with Gasteiger partial charge in [-0.15, -0.1) is 0 Å². The molecular formula is C31H32ClNO5S. The van der Waals surface area contributed by atoms with E-state index in [2.05, 4.69) is 26.0 Å². The average molecular weight is 566 g/mol. The Hall–Kier alpha value is -3.42. The lowest BCUT2D eigenvalue weighted by Crippen LogP contribution is -2.32. The molecule has 3 aromatic carbocycles. The lowest BCUT2D eigenvalue weighted by Gasteiger charge is -2.17. The zero-order chi connectivity index (χ0) is 27.9. The van der Waals surface area contributed by atoms with Crippen molar-refractivity contribution >= 4 is 40.6 Å². The summed E-state index contributed by atoms with van der Waals surface area (Å²) < 4.78 is 17.8. The van der Waals surface area contributed by atoms with Crippen LogP contribution < -0.4 is 14.2 Å². The number of carbonyl (C=O) groups is 2. The average Bonchev–Trinajstić information content (AvgIpc) is 3.16. The van der Waals surface area contributed by atoms with E-state index in [9.17, 15) is 9.59 Å². The third-order valence-electron chi connectivity index (χ3n) is 6.14. The third kappa shape index (κ3) is 7.16. The molecule has 2 amide bonds. The van der Waals surface area contributed by atoms with Crippen molar-refractivity contribution < 1.29 is 23.8 Å². The van der Waals surface area contributed by atoms with Crippen molar-refractivity contribution in [2.24, 2.45) is 0 Å². The fourth-order valence-corrected chi connectivity index (χ4v) is 5.16. The van der Waals surface area contributed by atoms with Gasteiger partial charge < -0.3 is 14.2 Å². The number of ether oxygens (including phenoxy) is 3. The van der Waals surface area contributed by atoms with Gasteiger partial charge >= 0.3 is 0 Å². The largest absolute Gasteiger partial charge is 0.491 e. The van der Waals surface area contributed by atoms with Gasteiger partial charge in [0, 0.05) is 10.6 Å². The molecule has 1 aliphatic rings. The summed E-state index contributed by atoms with van der Waals surface area (Å²) in [4.78, 5) is 27.3. The van der Waals surface area contributed by atoms with Crippen LogP contribution in [0.15, 0.2) is 65.6 Å². The van der Waals surface area contributed by atoms with Gasteiger partial charge in [0.25, 0.3) is 11.1 Å². The minimum Gasteiger partial charge on any atom is -0.491 e. The van der Waals surface area contributed by atoms with Crippen molar-refractivity contribution in [3.05, 3.63) is 92.8 Å². The smallest absolute Gasteiger partial charge is 0.293 e. The number of thioether (sulfide) groups is 1. The maximum Gasteiger partial charge on any atom is 0.293 e. The molecule has 6 nitrogen and oxygen atoms in total. The topological polar surface area (TPSA) is 65.1 Å². The van der Waals surface area contributed by atoms with Gasteiger partial charge in [-0.1, -0.05) is 61.8 Å². The number of benzene rings is 3. The Bertz CT molecular complexity index is 1390. The van der Waals surface area contributed by atoms with Crippen LogP contribution in [0.25, 0.3) is 6.08 Å². The molecule has 0 N–H and O–H groups in total. The van der Waals surface area contributed by atoms with E-state index in [4.69, 9.17) is 25.8 Å². The van der Waals surface area contributed by atoms with Crippen LogP contribution in [-0.4, -0.2) is 35.8 Å². The van der Waals surface area contributed by atoms with Crippen molar-refractivity contribution in [2.45, 2.75) is 40.2 Å². The summed E-state index contributed by atoms with van der Waals surface area (Å²) in [6.45, 7) is 9.24. The monoisotopic (exact) mass is 565 g/mol. The highest BCUT2D eigenvalue weighted by Gasteiger charge is 2.35. The first-order valence-electron chi connectivity index (χ1n) is 12.9. The van der Waals surface area contributed by atoms with Crippen LogP contribution in [0, 0.1) is 6.92 Å². The SMILES string of the molecule is CCOc1cc(/C=C2\SC(=O)N(CCOc3cc(C)ccc3C(C)C)C2=O)ccc1OCc1ccccc1Cl. The minimum absolute atomic E-state index is 0.173. The van der Waals surface area contributed by atoms with Crippen molar-refractivity contribution in [3.8, 4) is 17.2 Å². The Morgan fingerprint density at radius 2 is 1.74 bits per heavy atom. The maximum absolute atomic E-state index is 13.1. The lowest BCUT2D eigenvalue weighted by molar-refractivity contribution is -0.123. The van der Waals surface area contributed by atoms with Crippen LogP contribution in [0.2, 0.25) is 5.02 Å². The third-order valence-corrected chi connectivity index (χ3v) is 7.42. The second-order valence-electron chi connectivity index (χ2n) is 9.40. The zero-order valence-corrected chi connectivity index (χ0v) is 24.1. The quantitative estimate of drug-likeness (QED) is 0.220. The highest BCUT2D eigenvalue weighted by atomic mass is 35.5.